The molecule has 0 heterocycles. The summed E-state index contributed by atoms with van der Waals surface area (Å²) < 4.78 is 28.7. The Morgan fingerprint density at radius 3 is 2.50 bits per heavy atom. The maximum atomic E-state index is 12.9. The summed E-state index contributed by atoms with van der Waals surface area (Å²) in [7, 11) is 1.53. The van der Waals surface area contributed by atoms with Crippen molar-refractivity contribution >= 4 is 23.6 Å². The number of carbonyl (C=O) groups excluding carboxylic acids is 2. The maximum Gasteiger partial charge on any atom is 0.331 e. The quantitative estimate of drug-likeness (QED) is 0.551. The van der Waals surface area contributed by atoms with E-state index in [1.165, 1.54) is 44.4 Å². The number of halogens is 1. The van der Waals surface area contributed by atoms with Crippen LogP contribution >= 0.6 is 0 Å². The molecule has 6 nitrogen and oxygen atoms in total. The van der Waals surface area contributed by atoms with Gasteiger partial charge in [0.2, 0.25) is 0 Å². The van der Waals surface area contributed by atoms with Crippen molar-refractivity contribution in [3.8, 4) is 11.5 Å². The van der Waals surface area contributed by atoms with Crippen LogP contribution in [0.5, 0.6) is 11.5 Å². The second-order valence-corrected chi connectivity index (χ2v) is 5.75. The van der Waals surface area contributed by atoms with Gasteiger partial charge in [0, 0.05) is 11.8 Å². The smallest absolute Gasteiger partial charge is 0.331 e. The molecule has 2 aromatic rings. The molecule has 0 spiro atoms. The first kappa shape index (κ1) is 21.0. The minimum Gasteiger partial charge on any atom is -0.493 e. The Morgan fingerprint density at radius 2 is 1.86 bits per heavy atom. The van der Waals surface area contributed by atoms with Crippen LogP contribution in [-0.4, -0.2) is 31.7 Å². The first-order chi connectivity index (χ1) is 13.4. The number of anilines is 1. The Morgan fingerprint density at radius 1 is 1.14 bits per heavy atom. The first-order valence-electron chi connectivity index (χ1n) is 8.69. The second kappa shape index (κ2) is 10.1. The predicted molar refractivity (Wildman–Crippen MR) is 104 cm³/mol. The van der Waals surface area contributed by atoms with Crippen LogP contribution in [0.1, 0.15) is 19.4 Å². The fraction of sp³-hybridized carbons (Fsp3) is 0.238. The van der Waals surface area contributed by atoms with E-state index in [2.05, 4.69) is 5.32 Å². The van der Waals surface area contributed by atoms with Gasteiger partial charge in [0.15, 0.2) is 17.6 Å². The molecule has 0 aliphatic heterocycles. The van der Waals surface area contributed by atoms with Crippen LogP contribution in [0.25, 0.3) is 6.08 Å². The topological polar surface area (TPSA) is 73.9 Å². The zero-order valence-corrected chi connectivity index (χ0v) is 15.9. The maximum absolute atomic E-state index is 12.9. The number of hydrogen-bond acceptors (Lipinski definition) is 5. The molecule has 0 radical (unpaired) electrons. The Hall–Kier alpha value is -3.35. The minimum absolute atomic E-state index is 0.409. The van der Waals surface area contributed by atoms with Gasteiger partial charge in [-0.3, -0.25) is 4.79 Å². The number of carbonyl (C=O) groups is 2. The van der Waals surface area contributed by atoms with Gasteiger partial charge in [-0.2, -0.15) is 0 Å². The molecule has 2 aromatic carbocycles. The van der Waals surface area contributed by atoms with Gasteiger partial charge in [-0.1, -0.05) is 6.07 Å². The zero-order valence-electron chi connectivity index (χ0n) is 15.9. The van der Waals surface area contributed by atoms with Crippen molar-refractivity contribution in [2.45, 2.75) is 20.0 Å². The summed E-state index contributed by atoms with van der Waals surface area (Å²) in [5.74, 6) is -0.445. The van der Waals surface area contributed by atoms with Gasteiger partial charge in [-0.05, 0) is 61.9 Å². The first-order valence-corrected chi connectivity index (χ1v) is 8.69. The summed E-state index contributed by atoms with van der Waals surface area (Å²) in [4.78, 5) is 24.0. The summed E-state index contributed by atoms with van der Waals surface area (Å²) in [6.07, 6.45) is 1.75. The van der Waals surface area contributed by atoms with E-state index in [-0.39, 0.29) is 0 Å². The Bertz CT molecular complexity index is 848. The van der Waals surface area contributed by atoms with E-state index < -0.39 is 23.8 Å². The molecule has 1 amide bonds. The number of amides is 1. The summed E-state index contributed by atoms with van der Waals surface area (Å²) in [5, 5.41) is 2.54. The fourth-order valence-corrected chi connectivity index (χ4v) is 2.27. The molecule has 0 saturated heterocycles. The molecule has 7 heteroatoms. The largest absolute Gasteiger partial charge is 0.493 e. The van der Waals surface area contributed by atoms with Crippen LogP contribution in [0.3, 0.4) is 0 Å². The Kier molecular flexibility index (Phi) is 7.56. The molecule has 0 aliphatic rings. The molecule has 0 aliphatic carbocycles. The Balaban J connectivity index is 1.93. The molecule has 0 unspecified atom stereocenters. The molecule has 0 saturated carbocycles. The fourth-order valence-electron chi connectivity index (χ4n) is 2.27. The highest BCUT2D eigenvalue weighted by atomic mass is 19.1. The van der Waals surface area contributed by atoms with Crippen molar-refractivity contribution in [3.05, 3.63) is 59.9 Å². The molecule has 28 heavy (non-hydrogen) atoms. The molecular formula is C21H22FNO5. The van der Waals surface area contributed by atoms with Crippen molar-refractivity contribution in [2.75, 3.05) is 19.0 Å². The van der Waals surface area contributed by atoms with E-state index in [0.29, 0.717) is 29.4 Å². The monoisotopic (exact) mass is 387 g/mol. The molecular weight excluding hydrogens is 365 g/mol. The van der Waals surface area contributed by atoms with Crippen LogP contribution in [0.4, 0.5) is 10.1 Å². The second-order valence-electron chi connectivity index (χ2n) is 5.75. The molecule has 0 fully saturated rings. The van der Waals surface area contributed by atoms with Crippen molar-refractivity contribution in [1.82, 2.24) is 0 Å². The van der Waals surface area contributed by atoms with Crippen LogP contribution in [0.2, 0.25) is 0 Å². The molecule has 1 atom stereocenters. The van der Waals surface area contributed by atoms with Crippen LogP contribution in [0.15, 0.2) is 48.5 Å². The van der Waals surface area contributed by atoms with Crippen LogP contribution < -0.4 is 14.8 Å². The van der Waals surface area contributed by atoms with Crippen LogP contribution in [-0.2, 0) is 14.3 Å². The predicted octanol–water partition coefficient (Wildman–Crippen LogP) is 3.82. The summed E-state index contributed by atoms with van der Waals surface area (Å²) in [5.41, 5.74) is 1.12. The number of hydrogen-bond donors (Lipinski definition) is 1. The average molecular weight is 387 g/mol. The van der Waals surface area contributed by atoms with E-state index >= 15 is 0 Å². The van der Waals surface area contributed by atoms with E-state index in [4.69, 9.17) is 14.2 Å². The van der Waals surface area contributed by atoms with E-state index in [1.807, 2.05) is 6.92 Å². The highest BCUT2D eigenvalue weighted by Gasteiger charge is 2.16. The van der Waals surface area contributed by atoms with Gasteiger partial charge in [0.05, 0.1) is 13.7 Å². The normalized spacial score (nSPS) is 11.7. The highest BCUT2D eigenvalue weighted by molar-refractivity contribution is 5.96. The van der Waals surface area contributed by atoms with Crippen molar-refractivity contribution < 1.29 is 28.2 Å². The van der Waals surface area contributed by atoms with Crippen molar-refractivity contribution in [3.63, 3.8) is 0 Å². The van der Waals surface area contributed by atoms with Gasteiger partial charge in [0.25, 0.3) is 5.91 Å². The molecule has 2 rings (SSSR count). The van der Waals surface area contributed by atoms with E-state index in [9.17, 15) is 14.0 Å². The lowest BCUT2D eigenvalue weighted by molar-refractivity contribution is -0.148. The van der Waals surface area contributed by atoms with E-state index in [1.54, 1.807) is 24.3 Å². The molecule has 0 aromatic heterocycles. The summed E-state index contributed by atoms with van der Waals surface area (Å²) in [6.45, 7) is 3.83. The third kappa shape index (κ3) is 6.12. The number of esters is 1. The molecule has 0 bridgehead atoms. The number of benzene rings is 2. The number of methoxy groups -OCH3 is 1. The van der Waals surface area contributed by atoms with Crippen molar-refractivity contribution in [1.29, 1.82) is 0 Å². The summed E-state index contributed by atoms with van der Waals surface area (Å²) in [6, 6.07) is 10.5. The lowest BCUT2D eigenvalue weighted by Crippen LogP contribution is -2.29. The van der Waals surface area contributed by atoms with Gasteiger partial charge in [-0.25, -0.2) is 9.18 Å². The van der Waals surface area contributed by atoms with Gasteiger partial charge in [-0.15, -0.1) is 0 Å². The summed E-state index contributed by atoms with van der Waals surface area (Å²) >= 11 is 0. The standard InChI is InChI=1S/C21H22FNO5/c1-4-27-18-11-5-15(13-19(18)26-3)6-12-20(24)28-14(2)21(25)23-17-9-7-16(22)8-10-17/h5-14H,4H2,1-3H3,(H,23,25)/b12-6+/t14-/m1/s1. The molecule has 1 N–H and O–H groups in total. The lowest BCUT2D eigenvalue weighted by atomic mass is 10.2. The van der Waals surface area contributed by atoms with Gasteiger partial charge < -0.3 is 19.5 Å². The Labute approximate surface area is 162 Å². The minimum atomic E-state index is -1.02. The number of ether oxygens (including phenoxy) is 3. The van der Waals surface area contributed by atoms with Gasteiger partial charge in [0.1, 0.15) is 5.82 Å². The van der Waals surface area contributed by atoms with E-state index in [0.717, 1.165) is 0 Å². The third-order valence-electron chi connectivity index (χ3n) is 3.67. The van der Waals surface area contributed by atoms with Crippen LogP contribution in [0, 0.1) is 5.82 Å². The number of nitrogens with one attached hydrogen (secondary N) is 1. The SMILES string of the molecule is CCOc1ccc(/C=C/C(=O)O[C@H](C)C(=O)Nc2ccc(F)cc2)cc1OC. The highest BCUT2D eigenvalue weighted by Crippen LogP contribution is 2.28. The number of rotatable bonds is 8. The van der Waals surface area contributed by atoms with Gasteiger partial charge >= 0.3 is 5.97 Å². The zero-order chi connectivity index (χ0) is 20.5. The molecule has 148 valence electrons. The average Bonchev–Trinajstić information content (AvgIpc) is 2.69. The van der Waals surface area contributed by atoms with Crippen molar-refractivity contribution in [2.24, 2.45) is 0 Å². The lowest BCUT2D eigenvalue weighted by Gasteiger charge is -2.12. The third-order valence-corrected chi connectivity index (χ3v) is 3.67.